The normalized spacial score (nSPS) is 10.5. The minimum absolute atomic E-state index is 0.123. The van der Waals surface area contributed by atoms with Crippen LogP contribution in [0.15, 0.2) is 42.5 Å². The molecular weight excluding hydrogens is 356 g/mol. The minimum Gasteiger partial charge on any atom is -0.465 e. The van der Waals surface area contributed by atoms with Crippen molar-refractivity contribution in [1.82, 2.24) is 0 Å². The van der Waals surface area contributed by atoms with E-state index in [1.807, 2.05) is 25.1 Å². The first-order valence-corrected chi connectivity index (χ1v) is 9.10. The first-order chi connectivity index (χ1) is 13.2. The molecule has 0 aliphatic carbocycles. The molecule has 2 aromatic carbocycles. The van der Waals surface area contributed by atoms with Gasteiger partial charge in [0.1, 0.15) is 6.54 Å². The molecular formula is C22H26N2O4. The summed E-state index contributed by atoms with van der Waals surface area (Å²) in [5.74, 6) is -0.843. The zero-order chi connectivity index (χ0) is 20.8. The Labute approximate surface area is 165 Å². The fraction of sp³-hybridized carbons (Fsp3) is 0.318. The van der Waals surface area contributed by atoms with E-state index >= 15 is 0 Å². The van der Waals surface area contributed by atoms with Crippen LogP contribution in [0, 0.1) is 6.92 Å². The van der Waals surface area contributed by atoms with Crippen LogP contribution in [0.3, 0.4) is 0 Å². The van der Waals surface area contributed by atoms with E-state index < -0.39 is 5.97 Å². The van der Waals surface area contributed by atoms with Gasteiger partial charge in [-0.15, -0.1) is 0 Å². The molecule has 0 radical (unpaired) electrons. The van der Waals surface area contributed by atoms with Crippen molar-refractivity contribution in [2.24, 2.45) is 0 Å². The van der Waals surface area contributed by atoms with Crippen LogP contribution in [0.2, 0.25) is 0 Å². The Kier molecular flexibility index (Phi) is 6.93. The zero-order valence-corrected chi connectivity index (χ0v) is 16.9. The molecule has 0 unspecified atom stereocenters. The van der Waals surface area contributed by atoms with E-state index in [0.717, 1.165) is 16.8 Å². The van der Waals surface area contributed by atoms with Gasteiger partial charge in [-0.1, -0.05) is 38.1 Å². The molecule has 2 rings (SSSR count). The number of nitrogens with one attached hydrogen (secondary N) is 1. The maximum atomic E-state index is 12.6. The van der Waals surface area contributed by atoms with Gasteiger partial charge in [0.25, 0.3) is 0 Å². The first kappa shape index (κ1) is 21.2. The van der Waals surface area contributed by atoms with Crippen molar-refractivity contribution < 1.29 is 19.1 Å². The summed E-state index contributed by atoms with van der Waals surface area (Å²) >= 11 is 0. The van der Waals surface area contributed by atoms with E-state index in [1.165, 1.54) is 25.0 Å². The van der Waals surface area contributed by atoms with E-state index in [1.54, 1.807) is 18.2 Å². The molecule has 2 aromatic rings. The van der Waals surface area contributed by atoms with Crippen LogP contribution in [-0.4, -0.2) is 31.4 Å². The van der Waals surface area contributed by atoms with Gasteiger partial charge in [-0.25, -0.2) is 4.79 Å². The standard InChI is InChI=1S/C22H26N2O4/c1-14(2)19-11-6-8-15(3)21(19)24(16(4)25)13-20(26)23-18-10-7-9-17(12-18)22(27)28-5/h6-12,14H,13H2,1-5H3,(H,23,26). The highest BCUT2D eigenvalue weighted by molar-refractivity contribution is 6.03. The molecule has 0 aliphatic heterocycles. The summed E-state index contributed by atoms with van der Waals surface area (Å²) in [4.78, 5) is 38.1. The van der Waals surface area contributed by atoms with Crippen molar-refractivity contribution in [2.75, 3.05) is 23.9 Å². The number of aryl methyl sites for hydroxylation is 1. The highest BCUT2D eigenvalue weighted by Crippen LogP contribution is 2.31. The maximum absolute atomic E-state index is 12.6. The molecule has 28 heavy (non-hydrogen) atoms. The lowest BCUT2D eigenvalue weighted by Gasteiger charge is -2.27. The fourth-order valence-electron chi connectivity index (χ4n) is 3.05. The van der Waals surface area contributed by atoms with Crippen molar-refractivity contribution in [3.8, 4) is 0 Å². The van der Waals surface area contributed by atoms with Crippen LogP contribution in [0.5, 0.6) is 0 Å². The molecule has 0 atom stereocenters. The Morgan fingerprint density at radius 2 is 1.79 bits per heavy atom. The van der Waals surface area contributed by atoms with E-state index in [9.17, 15) is 14.4 Å². The van der Waals surface area contributed by atoms with Crippen molar-refractivity contribution in [3.63, 3.8) is 0 Å². The van der Waals surface area contributed by atoms with Gasteiger partial charge in [0, 0.05) is 12.6 Å². The molecule has 0 saturated heterocycles. The number of benzene rings is 2. The SMILES string of the molecule is COC(=O)c1cccc(NC(=O)CN(C(C)=O)c2c(C)cccc2C(C)C)c1. The van der Waals surface area contributed by atoms with Gasteiger partial charge in [-0.2, -0.15) is 0 Å². The third-order valence-electron chi connectivity index (χ3n) is 4.41. The molecule has 6 heteroatoms. The Bertz CT molecular complexity index is 890. The lowest BCUT2D eigenvalue weighted by Crippen LogP contribution is -2.37. The third-order valence-corrected chi connectivity index (χ3v) is 4.41. The average Bonchev–Trinajstić information content (AvgIpc) is 2.65. The zero-order valence-electron chi connectivity index (χ0n) is 16.9. The Morgan fingerprint density at radius 1 is 1.11 bits per heavy atom. The molecule has 0 bridgehead atoms. The molecule has 0 heterocycles. The molecule has 0 aliphatic rings. The molecule has 1 N–H and O–H groups in total. The molecule has 6 nitrogen and oxygen atoms in total. The van der Waals surface area contributed by atoms with Gasteiger partial charge in [0.15, 0.2) is 0 Å². The summed E-state index contributed by atoms with van der Waals surface area (Å²) < 4.78 is 4.69. The van der Waals surface area contributed by atoms with E-state index in [0.29, 0.717) is 11.3 Å². The second-order valence-electron chi connectivity index (χ2n) is 6.89. The number of esters is 1. The average molecular weight is 382 g/mol. The van der Waals surface area contributed by atoms with Crippen LogP contribution in [0.1, 0.15) is 48.2 Å². The quantitative estimate of drug-likeness (QED) is 0.769. The molecule has 2 amide bonds. The molecule has 0 aromatic heterocycles. The summed E-state index contributed by atoms with van der Waals surface area (Å²) in [6, 6.07) is 12.3. The molecule has 0 saturated carbocycles. The maximum Gasteiger partial charge on any atom is 0.337 e. The van der Waals surface area contributed by atoms with E-state index in [4.69, 9.17) is 4.74 Å². The summed E-state index contributed by atoms with van der Waals surface area (Å²) in [6.07, 6.45) is 0. The second kappa shape index (κ2) is 9.17. The number of methoxy groups -OCH3 is 1. The van der Waals surface area contributed by atoms with Crippen molar-refractivity contribution in [1.29, 1.82) is 0 Å². The predicted molar refractivity (Wildman–Crippen MR) is 110 cm³/mol. The molecule has 148 valence electrons. The lowest BCUT2D eigenvalue weighted by molar-refractivity contribution is -0.120. The number of rotatable bonds is 6. The largest absolute Gasteiger partial charge is 0.465 e. The van der Waals surface area contributed by atoms with E-state index in [-0.39, 0.29) is 24.3 Å². The third kappa shape index (κ3) is 4.97. The van der Waals surface area contributed by atoms with Gasteiger partial charge in [0.05, 0.1) is 18.4 Å². The Morgan fingerprint density at radius 3 is 2.39 bits per heavy atom. The number of para-hydroxylation sites is 1. The van der Waals surface area contributed by atoms with Crippen molar-refractivity contribution in [3.05, 3.63) is 59.2 Å². The highest BCUT2D eigenvalue weighted by Gasteiger charge is 2.22. The van der Waals surface area contributed by atoms with Crippen LogP contribution in [0.25, 0.3) is 0 Å². The Hall–Kier alpha value is -3.15. The van der Waals surface area contributed by atoms with Crippen LogP contribution < -0.4 is 10.2 Å². The molecule has 0 fully saturated rings. The summed E-state index contributed by atoms with van der Waals surface area (Å²) in [7, 11) is 1.30. The second-order valence-corrected chi connectivity index (χ2v) is 6.89. The number of ether oxygens (including phenoxy) is 1. The molecule has 0 spiro atoms. The number of amides is 2. The highest BCUT2D eigenvalue weighted by atomic mass is 16.5. The van der Waals surface area contributed by atoms with Gasteiger partial charge >= 0.3 is 5.97 Å². The number of nitrogens with zero attached hydrogens (tertiary/aromatic N) is 1. The number of carbonyl (C=O) groups excluding carboxylic acids is 3. The minimum atomic E-state index is -0.483. The predicted octanol–water partition coefficient (Wildman–Crippen LogP) is 3.90. The first-order valence-electron chi connectivity index (χ1n) is 9.10. The number of carbonyl (C=O) groups is 3. The van der Waals surface area contributed by atoms with E-state index in [2.05, 4.69) is 19.2 Å². The van der Waals surface area contributed by atoms with Crippen LogP contribution in [-0.2, 0) is 14.3 Å². The lowest BCUT2D eigenvalue weighted by atomic mass is 9.97. The smallest absolute Gasteiger partial charge is 0.337 e. The summed E-state index contributed by atoms with van der Waals surface area (Å²) in [6.45, 7) is 7.35. The number of hydrogen-bond acceptors (Lipinski definition) is 4. The topological polar surface area (TPSA) is 75.7 Å². The fourth-order valence-corrected chi connectivity index (χ4v) is 3.05. The summed E-state index contributed by atoms with van der Waals surface area (Å²) in [5, 5.41) is 2.74. The summed E-state index contributed by atoms with van der Waals surface area (Å²) in [5.41, 5.74) is 3.51. The van der Waals surface area contributed by atoms with Gasteiger partial charge in [0.2, 0.25) is 11.8 Å². The van der Waals surface area contributed by atoms with Crippen molar-refractivity contribution >= 4 is 29.2 Å². The van der Waals surface area contributed by atoms with Crippen LogP contribution in [0.4, 0.5) is 11.4 Å². The van der Waals surface area contributed by atoms with Crippen molar-refractivity contribution in [2.45, 2.75) is 33.6 Å². The monoisotopic (exact) mass is 382 g/mol. The van der Waals surface area contributed by atoms with Gasteiger partial charge in [-0.05, 0) is 42.2 Å². The number of anilines is 2. The van der Waals surface area contributed by atoms with Gasteiger partial charge < -0.3 is 15.0 Å². The Balaban J connectivity index is 2.26. The van der Waals surface area contributed by atoms with Gasteiger partial charge in [-0.3, -0.25) is 9.59 Å². The number of hydrogen-bond donors (Lipinski definition) is 1. The van der Waals surface area contributed by atoms with Crippen LogP contribution >= 0.6 is 0 Å².